The van der Waals surface area contributed by atoms with Crippen LogP contribution in [0.2, 0.25) is 5.02 Å². The Morgan fingerprint density at radius 1 is 1.19 bits per heavy atom. The molecule has 3 aromatic carbocycles. The third-order valence-corrected chi connectivity index (χ3v) is 8.41. The highest BCUT2D eigenvalue weighted by molar-refractivity contribution is 6.30. The van der Waals surface area contributed by atoms with Crippen molar-refractivity contribution in [3.05, 3.63) is 88.0 Å². The standard InChI is InChI=1S/C31H33ClFN5O4/c1-31(23-8-7-21(32)17-24(23)33)41-27-5-3-4-22(29(27)42-31)19-10-12-37(13-11-19)18-28-35-25-16-20(30(34)36-39)6-9-26(25)38(28)14-15-40-2/h3-9,16-17,19,39H,10-15,18H2,1-2H3,(H2,34,36). The summed E-state index contributed by atoms with van der Waals surface area (Å²) in [6.07, 6.45) is 1.86. The number of nitrogens with two attached hydrogens (primary N) is 1. The summed E-state index contributed by atoms with van der Waals surface area (Å²) in [5, 5.41) is 12.5. The molecule has 9 nitrogen and oxygen atoms in total. The molecule has 1 saturated heterocycles. The van der Waals surface area contributed by atoms with Crippen LogP contribution >= 0.6 is 11.6 Å². The molecule has 0 amide bonds. The van der Waals surface area contributed by atoms with Crippen LogP contribution in [0.25, 0.3) is 11.0 Å². The lowest BCUT2D eigenvalue weighted by molar-refractivity contribution is -0.0712. The average Bonchev–Trinajstić information content (AvgIpc) is 3.52. The predicted molar refractivity (Wildman–Crippen MR) is 158 cm³/mol. The largest absolute Gasteiger partial charge is 0.444 e. The molecule has 11 heteroatoms. The number of hydrogen-bond donors (Lipinski definition) is 2. The molecule has 3 N–H and O–H groups in total. The first-order chi connectivity index (χ1) is 20.3. The van der Waals surface area contributed by atoms with Gasteiger partial charge in [0.2, 0.25) is 0 Å². The number of benzene rings is 3. The van der Waals surface area contributed by atoms with Gasteiger partial charge in [0.05, 0.1) is 29.7 Å². The highest BCUT2D eigenvalue weighted by atomic mass is 35.5. The molecule has 0 spiro atoms. The Hall–Kier alpha value is -3.86. The molecule has 220 valence electrons. The van der Waals surface area contributed by atoms with E-state index in [1.165, 1.54) is 6.07 Å². The SMILES string of the molecule is COCCn1c(CN2CCC(c3cccc4c3OC(C)(c3ccc(Cl)cc3F)O4)CC2)nc2cc(C(N)=NO)ccc21. The van der Waals surface area contributed by atoms with Crippen LogP contribution in [-0.2, 0) is 23.6 Å². The van der Waals surface area contributed by atoms with Gasteiger partial charge >= 0.3 is 0 Å². The van der Waals surface area contributed by atoms with Crippen molar-refractivity contribution >= 4 is 28.5 Å². The second-order valence-electron chi connectivity index (χ2n) is 10.9. The summed E-state index contributed by atoms with van der Waals surface area (Å²) in [6.45, 7) is 5.40. The molecule has 0 radical (unpaired) electrons. The van der Waals surface area contributed by atoms with Crippen LogP contribution in [0.5, 0.6) is 11.5 Å². The van der Waals surface area contributed by atoms with Gasteiger partial charge in [0, 0.05) is 36.7 Å². The molecular weight excluding hydrogens is 561 g/mol. The molecular formula is C31H33ClFN5O4. The molecule has 42 heavy (non-hydrogen) atoms. The van der Waals surface area contributed by atoms with Crippen molar-refractivity contribution < 1.29 is 23.8 Å². The molecule has 6 rings (SSSR count). The fourth-order valence-electron chi connectivity index (χ4n) is 5.99. The highest BCUT2D eigenvalue weighted by Gasteiger charge is 2.43. The van der Waals surface area contributed by atoms with Gasteiger partial charge in [-0.2, -0.15) is 0 Å². The van der Waals surface area contributed by atoms with Crippen LogP contribution in [0.4, 0.5) is 4.39 Å². The van der Waals surface area contributed by atoms with Crippen molar-refractivity contribution in [2.45, 2.75) is 44.6 Å². The van der Waals surface area contributed by atoms with Crippen molar-refractivity contribution in [3.63, 3.8) is 0 Å². The van der Waals surface area contributed by atoms with Crippen LogP contribution in [0, 0.1) is 5.82 Å². The van der Waals surface area contributed by atoms with E-state index in [0.717, 1.165) is 48.4 Å². The number of piperidine rings is 1. The summed E-state index contributed by atoms with van der Waals surface area (Å²) in [7, 11) is 1.68. The number of rotatable bonds is 8. The number of ether oxygens (including phenoxy) is 3. The molecule has 2 aliphatic rings. The molecule has 1 unspecified atom stereocenters. The first kappa shape index (κ1) is 28.3. The van der Waals surface area contributed by atoms with Crippen molar-refractivity contribution in [2.75, 3.05) is 26.8 Å². The summed E-state index contributed by atoms with van der Waals surface area (Å²) in [5.74, 6) is 0.809. The Balaban J connectivity index is 1.18. The lowest BCUT2D eigenvalue weighted by Crippen LogP contribution is -2.34. The second-order valence-corrected chi connectivity index (χ2v) is 11.3. The molecule has 0 aliphatic carbocycles. The zero-order chi connectivity index (χ0) is 29.4. The molecule has 0 saturated carbocycles. The van der Waals surface area contributed by atoms with Gasteiger partial charge in [-0.1, -0.05) is 28.9 Å². The molecule has 0 bridgehead atoms. The van der Waals surface area contributed by atoms with Gasteiger partial charge in [-0.25, -0.2) is 9.37 Å². The first-order valence-electron chi connectivity index (χ1n) is 13.9. The van der Waals surface area contributed by atoms with E-state index in [1.807, 2.05) is 30.3 Å². The first-order valence-corrected chi connectivity index (χ1v) is 14.3. The number of fused-ring (bicyclic) bond motifs is 2. The van der Waals surface area contributed by atoms with Crippen LogP contribution in [-0.4, -0.2) is 52.3 Å². The van der Waals surface area contributed by atoms with Gasteiger partial charge in [0.25, 0.3) is 5.79 Å². The number of methoxy groups -OCH3 is 1. The topological polar surface area (TPSA) is 107 Å². The van der Waals surface area contributed by atoms with Crippen molar-refractivity contribution in [3.8, 4) is 11.5 Å². The zero-order valence-electron chi connectivity index (χ0n) is 23.5. The fraction of sp³-hybridized carbons (Fsp3) is 0.355. The number of amidine groups is 1. The van der Waals surface area contributed by atoms with E-state index in [-0.39, 0.29) is 11.8 Å². The van der Waals surface area contributed by atoms with Crippen molar-refractivity contribution in [2.24, 2.45) is 10.9 Å². The smallest absolute Gasteiger partial charge is 0.278 e. The highest BCUT2D eigenvalue weighted by Crippen LogP contribution is 2.49. The van der Waals surface area contributed by atoms with Gasteiger partial charge < -0.3 is 29.7 Å². The summed E-state index contributed by atoms with van der Waals surface area (Å²) in [4.78, 5) is 7.32. The van der Waals surface area contributed by atoms with Gasteiger partial charge in [0.1, 0.15) is 11.6 Å². The number of hydrogen-bond acceptors (Lipinski definition) is 7. The lowest BCUT2D eigenvalue weighted by atomic mass is 9.88. The maximum Gasteiger partial charge on any atom is 0.278 e. The Kier molecular flexibility index (Phi) is 7.69. The van der Waals surface area contributed by atoms with Gasteiger partial charge in [-0.05, 0) is 74.3 Å². The number of halogens is 2. The minimum atomic E-state index is -1.28. The third kappa shape index (κ3) is 5.26. The maximum atomic E-state index is 14.8. The molecule has 3 heterocycles. The Bertz CT molecular complexity index is 1650. The zero-order valence-corrected chi connectivity index (χ0v) is 24.3. The van der Waals surface area contributed by atoms with E-state index >= 15 is 0 Å². The average molecular weight is 594 g/mol. The van der Waals surface area contributed by atoms with Crippen molar-refractivity contribution in [1.29, 1.82) is 0 Å². The summed E-state index contributed by atoms with van der Waals surface area (Å²) < 4.78 is 34.9. The Morgan fingerprint density at radius 2 is 2.00 bits per heavy atom. The molecule has 1 fully saturated rings. The van der Waals surface area contributed by atoms with Crippen LogP contribution < -0.4 is 15.2 Å². The van der Waals surface area contributed by atoms with E-state index in [1.54, 1.807) is 26.2 Å². The number of likely N-dealkylation sites (tertiary alicyclic amines) is 1. The number of nitrogens with zero attached hydrogens (tertiary/aromatic N) is 4. The van der Waals surface area contributed by atoms with Crippen LogP contribution in [0.3, 0.4) is 0 Å². The van der Waals surface area contributed by atoms with Gasteiger partial charge in [-0.15, -0.1) is 0 Å². The summed E-state index contributed by atoms with van der Waals surface area (Å²) in [5.41, 5.74) is 9.57. The number of oxime groups is 1. The minimum absolute atomic E-state index is 0.0485. The third-order valence-electron chi connectivity index (χ3n) is 8.17. The maximum absolute atomic E-state index is 14.8. The number of para-hydroxylation sites is 1. The number of imidazole rings is 1. The fourth-order valence-corrected chi connectivity index (χ4v) is 6.15. The quantitative estimate of drug-likeness (QED) is 0.119. The normalized spacial score (nSPS) is 19.6. The van der Waals surface area contributed by atoms with E-state index in [4.69, 9.17) is 41.7 Å². The molecule has 2 aliphatic heterocycles. The van der Waals surface area contributed by atoms with E-state index in [2.05, 4.69) is 20.7 Å². The van der Waals surface area contributed by atoms with Crippen LogP contribution in [0.15, 0.2) is 59.8 Å². The van der Waals surface area contributed by atoms with E-state index in [9.17, 15) is 4.39 Å². The lowest BCUT2D eigenvalue weighted by Gasteiger charge is -2.32. The van der Waals surface area contributed by atoms with E-state index in [0.29, 0.717) is 47.3 Å². The van der Waals surface area contributed by atoms with Gasteiger partial charge in [-0.3, -0.25) is 4.90 Å². The van der Waals surface area contributed by atoms with E-state index < -0.39 is 11.6 Å². The summed E-state index contributed by atoms with van der Waals surface area (Å²) >= 11 is 5.97. The Morgan fingerprint density at radius 3 is 2.74 bits per heavy atom. The van der Waals surface area contributed by atoms with Crippen molar-refractivity contribution in [1.82, 2.24) is 14.5 Å². The monoisotopic (exact) mass is 593 g/mol. The molecule has 4 aromatic rings. The second kappa shape index (κ2) is 11.4. The summed E-state index contributed by atoms with van der Waals surface area (Å²) in [6, 6.07) is 16.0. The predicted octanol–water partition coefficient (Wildman–Crippen LogP) is 5.59. The van der Waals surface area contributed by atoms with Crippen LogP contribution in [0.1, 0.15) is 48.2 Å². The molecule has 1 aromatic heterocycles. The molecule has 1 atom stereocenters. The van der Waals surface area contributed by atoms with Gasteiger partial charge in [0.15, 0.2) is 17.3 Å². The minimum Gasteiger partial charge on any atom is -0.444 e. The Labute approximate surface area is 248 Å². The number of aromatic nitrogens is 2.